The molecule has 2 aromatic heterocycles. The van der Waals surface area contributed by atoms with Crippen LogP contribution in [0.1, 0.15) is 35.3 Å². The first-order valence-corrected chi connectivity index (χ1v) is 9.60. The van der Waals surface area contributed by atoms with E-state index >= 15 is 0 Å². The Balaban J connectivity index is 0.00000338. The van der Waals surface area contributed by atoms with Gasteiger partial charge in [0.15, 0.2) is 5.96 Å². The standard InChI is InChI=1S/C18H28N6S.HI/c1-4-19-18(23-13-17-24-14(2)15(3)25-17)22-12-8-7-11-21-16-9-5-6-10-20-16;/h5-6,9-10H,4,7-8,11-13H2,1-3H3,(H,20,21)(H2,19,22,23);1H. The number of unbranched alkanes of at least 4 members (excludes halogenated alkanes) is 1. The van der Waals surface area contributed by atoms with E-state index in [1.807, 2.05) is 25.1 Å². The first-order chi connectivity index (χ1) is 12.2. The van der Waals surface area contributed by atoms with E-state index in [2.05, 4.69) is 44.8 Å². The van der Waals surface area contributed by atoms with Gasteiger partial charge in [-0.2, -0.15) is 0 Å². The zero-order valence-corrected chi connectivity index (χ0v) is 18.9. The van der Waals surface area contributed by atoms with E-state index in [1.54, 1.807) is 17.5 Å². The minimum Gasteiger partial charge on any atom is -0.370 e. The molecule has 0 atom stereocenters. The van der Waals surface area contributed by atoms with Crippen LogP contribution in [0.15, 0.2) is 29.4 Å². The third-order valence-corrected chi connectivity index (χ3v) is 4.71. The topological polar surface area (TPSA) is 74.2 Å². The number of rotatable bonds is 9. The highest BCUT2D eigenvalue weighted by Crippen LogP contribution is 2.16. The summed E-state index contributed by atoms with van der Waals surface area (Å²) >= 11 is 1.72. The van der Waals surface area contributed by atoms with E-state index in [0.29, 0.717) is 6.54 Å². The van der Waals surface area contributed by atoms with Crippen molar-refractivity contribution in [1.82, 2.24) is 20.6 Å². The van der Waals surface area contributed by atoms with Crippen LogP contribution in [0.5, 0.6) is 0 Å². The molecule has 6 nitrogen and oxygen atoms in total. The second-order valence-corrected chi connectivity index (χ2v) is 7.01. The maximum Gasteiger partial charge on any atom is 0.191 e. The third kappa shape index (κ3) is 8.31. The SMILES string of the molecule is CCNC(=NCc1nc(C)c(C)s1)NCCCCNc1ccccn1.I. The normalized spacial score (nSPS) is 11.0. The molecular formula is C18H29IN6S. The summed E-state index contributed by atoms with van der Waals surface area (Å²) < 4.78 is 0. The summed E-state index contributed by atoms with van der Waals surface area (Å²) in [6.07, 6.45) is 3.95. The van der Waals surface area contributed by atoms with Gasteiger partial charge in [-0.05, 0) is 45.7 Å². The van der Waals surface area contributed by atoms with Crippen molar-refractivity contribution in [3.05, 3.63) is 40.0 Å². The van der Waals surface area contributed by atoms with Crippen molar-refractivity contribution in [2.75, 3.05) is 25.0 Å². The van der Waals surface area contributed by atoms with Crippen molar-refractivity contribution in [2.24, 2.45) is 4.99 Å². The number of thiazole rings is 1. The summed E-state index contributed by atoms with van der Waals surface area (Å²) in [5.74, 6) is 1.78. The van der Waals surface area contributed by atoms with Gasteiger partial charge in [-0.15, -0.1) is 35.3 Å². The maximum atomic E-state index is 4.62. The first-order valence-electron chi connectivity index (χ1n) is 8.79. The highest BCUT2D eigenvalue weighted by atomic mass is 127. The third-order valence-electron chi connectivity index (χ3n) is 3.66. The Kier molecular flexibility index (Phi) is 11.2. The Morgan fingerprint density at radius 1 is 1.15 bits per heavy atom. The van der Waals surface area contributed by atoms with Gasteiger partial charge in [0.25, 0.3) is 0 Å². The quantitative estimate of drug-likeness (QED) is 0.217. The Morgan fingerprint density at radius 3 is 2.62 bits per heavy atom. The number of anilines is 1. The van der Waals surface area contributed by atoms with Crippen LogP contribution in [0, 0.1) is 13.8 Å². The van der Waals surface area contributed by atoms with Gasteiger partial charge in [0.1, 0.15) is 10.8 Å². The molecule has 0 aliphatic rings. The fraction of sp³-hybridized carbons (Fsp3) is 0.500. The summed E-state index contributed by atoms with van der Waals surface area (Å²) in [4.78, 5) is 14.7. The number of aromatic nitrogens is 2. The van der Waals surface area contributed by atoms with Crippen LogP contribution in [-0.4, -0.2) is 35.6 Å². The minimum absolute atomic E-state index is 0. The van der Waals surface area contributed by atoms with Gasteiger partial charge in [-0.1, -0.05) is 6.07 Å². The van der Waals surface area contributed by atoms with E-state index in [4.69, 9.17) is 0 Å². The molecule has 144 valence electrons. The highest BCUT2D eigenvalue weighted by Gasteiger charge is 2.03. The second-order valence-electron chi connectivity index (χ2n) is 5.72. The number of pyridine rings is 1. The molecule has 0 spiro atoms. The number of hydrogen-bond acceptors (Lipinski definition) is 5. The van der Waals surface area contributed by atoms with Crippen molar-refractivity contribution in [1.29, 1.82) is 0 Å². The van der Waals surface area contributed by atoms with Crippen molar-refractivity contribution in [3.63, 3.8) is 0 Å². The molecule has 26 heavy (non-hydrogen) atoms. The fourth-order valence-electron chi connectivity index (χ4n) is 2.24. The maximum absolute atomic E-state index is 4.62. The lowest BCUT2D eigenvalue weighted by atomic mass is 10.3. The molecule has 0 bridgehead atoms. The molecule has 8 heteroatoms. The molecule has 0 saturated carbocycles. The molecule has 2 rings (SSSR count). The molecular weight excluding hydrogens is 459 g/mol. The van der Waals surface area contributed by atoms with E-state index in [-0.39, 0.29) is 24.0 Å². The van der Waals surface area contributed by atoms with Crippen molar-refractivity contribution in [2.45, 2.75) is 40.2 Å². The molecule has 2 heterocycles. The lowest BCUT2D eigenvalue weighted by molar-refractivity contribution is 0.712. The van der Waals surface area contributed by atoms with Crippen molar-refractivity contribution in [3.8, 4) is 0 Å². The largest absolute Gasteiger partial charge is 0.370 e. The van der Waals surface area contributed by atoms with E-state index in [1.165, 1.54) is 4.88 Å². The van der Waals surface area contributed by atoms with Crippen LogP contribution >= 0.6 is 35.3 Å². The van der Waals surface area contributed by atoms with Crippen LogP contribution in [0.2, 0.25) is 0 Å². The smallest absolute Gasteiger partial charge is 0.191 e. The van der Waals surface area contributed by atoms with Gasteiger partial charge in [-0.3, -0.25) is 0 Å². The van der Waals surface area contributed by atoms with E-state index in [0.717, 1.165) is 55.0 Å². The molecule has 3 N–H and O–H groups in total. The molecule has 0 amide bonds. The van der Waals surface area contributed by atoms with Crippen LogP contribution in [-0.2, 0) is 6.54 Å². The molecule has 0 aliphatic heterocycles. The van der Waals surface area contributed by atoms with Crippen LogP contribution in [0.4, 0.5) is 5.82 Å². The van der Waals surface area contributed by atoms with Gasteiger partial charge < -0.3 is 16.0 Å². The molecule has 0 fully saturated rings. The van der Waals surface area contributed by atoms with Gasteiger partial charge in [0, 0.05) is 30.7 Å². The number of aryl methyl sites for hydroxylation is 2. The van der Waals surface area contributed by atoms with Crippen molar-refractivity contribution < 1.29 is 0 Å². The Bertz CT molecular complexity index is 639. The van der Waals surface area contributed by atoms with Gasteiger partial charge in [0.2, 0.25) is 0 Å². The molecule has 0 aromatic carbocycles. The molecule has 0 unspecified atom stereocenters. The van der Waals surface area contributed by atoms with Crippen molar-refractivity contribution >= 4 is 47.1 Å². The Morgan fingerprint density at radius 2 is 1.96 bits per heavy atom. The van der Waals surface area contributed by atoms with Crippen LogP contribution < -0.4 is 16.0 Å². The number of halogens is 1. The predicted molar refractivity (Wildman–Crippen MR) is 122 cm³/mol. The minimum atomic E-state index is 0. The lowest BCUT2D eigenvalue weighted by Gasteiger charge is -2.11. The van der Waals surface area contributed by atoms with E-state index in [9.17, 15) is 0 Å². The summed E-state index contributed by atoms with van der Waals surface area (Å²) in [5, 5.41) is 11.0. The Hall–Kier alpha value is -1.42. The zero-order chi connectivity index (χ0) is 17.9. The second kappa shape index (κ2) is 12.9. The van der Waals surface area contributed by atoms with Gasteiger partial charge in [-0.25, -0.2) is 15.0 Å². The summed E-state index contributed by atoms with van der Waals surface area (Å²) in [7, 11) is 0. The Labute approximate surface area is 177 Å². The summed E-state index contributed by atoms with van der Waals surface area (Å²) in [6, 6.07) is 5.89. The number of aliphatic imine (C=N–C) groups is 1. The van der Waals surface area contributed by atoms with Gasteiger partial charge in [0.05, 0.1) is 12.2 Å². The van der Waals surface area contributed by atoms with Crippen LogP contribution in [0.3, 0.4) is 0 Å². The molecule has 0 radical (unpaired) electrons. The number of nitrogens with zero attached hydrogens (tertiary/aromatic N) is 3. The number of guanidine groups is 1. The van der Waals surface area contributed by atoms with Crippen LogP contribution in [0.25, 0.3) is 0 Å². The van der Waals surface area contributed by atoms with Gasteiger partial charge >= 0.3 is 0 Å². The molecule has 2 aromatic rings. The number of nitrogens with one attached hydrogen (secondary N) is 3. The average Bonchev–Trinajstić information content (AvgIpc) is 2.94. The fourth-order valence-corrected chi connectivity index (χ4v) is 3.09. The number of hydrogen-bond donors (Lipinski definition) is 3. The molecule has 0 aliphatic carbocycles. The van der Waals surface area contributed by atoms with E-state index < -0.39 is 0 Å². The molecule has 0 saturated heterocycles. The zero-order valence-electron chi connectivity index (χ0n) is 15.7. The summed E-state index contributed by atoms with van der Waals surface area (Å²) in [5.41, 5.74) is 1.11. The monoisotopic (exact) mass is 488 g/mol. The first kappa shape index (κ1) is 22.6. The summed E-state index contributed by atoms with van der Waals surface area (Å²) in [6.45, 7) is 9.50. The predicted octanol–water partition coefficient (Wildman–Crippen LogP) is 3.72. The lowest BCUT2D eigenvalue weighted by Crippen LogP contribution is -2.37. The average molecular weight is 488 g/mol. The highest BCUT2D eigenvalue weighted by molar-refractivity contribution is 14.0.